The summed E-state index contributed by atoms with van der Waals surface area (Å²) >= 11 is 1.44. The zero-order chi connectivity index (χ0) is 19.2. The fourth-order valence-electron chi connectivity index (χ4n) is 3.24. The van der Waals surface area contributed by atoms with Gasteiger partial charge in [0.15, 0.2) is 0 Å². The molecular weight excluding hydrogens is 378 g/mol. The number of fused-ring (bicyclic) bond motifs is 1. The Morgan fingerprint density at radius 3 is 2.30 bits per heavy atom. The van der Waals surface area contributed by atoms with Crippen LogP contribution in [-0.2, 0) is 11.0 Å². The molecule has 3 aromatic rings. The third kappa shape index (κ3) is 3.35. The normalized spacial score (nSPS) is 16.7. The van der Waals surface area contributed by atoms with Gasteiger partial charge in [0.2, 0.25) is 5.91 Å². The van der Waals surface area contributed by atoms with Crippen LogP contribution in [-0.4, -0.2) is 5.91 Å². The van der Waals surface area contributed by atoms with E-state index in [1.165, 1.54) is 35.6 Å². The van der Waals surface area contributed by atoms with Crippen molar-refractivity contribution in [1.29, 1.82) is 0 Å². The number of benzene rings is 2. The highest BCUT2D eigenvalue weighted by atomic mass is 32.1. The number of carbonyl (C=O) groups is 1. The molecule has 2 nitrogen and oxygen atoms in total. The van der Waals surface area contributed by atoms with Crippen LogP contribution in [0.2, 0.25) is 0 Å². The van der Waals surface area contributed by atoms with E-state index in [9.17, 15) is 22.4 Å². The van der Waals surface area contributed by atoms with Crippen molar-refractivity contribution in [2.75, 3.05) is 5.32 Å². The summed E-state index contributed by atoms with van der Waals surface area (Å²) < 4.78 is 51.6. The van der Waals surface area contributed by atoms with Crippen LogP contribution >= 0.6 is 11.3 Å². The van der Waals surface area contributed by atoms with Crippen molar-refractivity contribution in [3.8, 4) is 11.1 Å². The van der Waals surface area contributed by atoms with Crippen LogP contribution in [0.5, 0.6) is 0 Å². The first-order chi connectivity index (χ1) is 12.8. The van der Waals surface area contributed by atoms with Gasteiger partial charge in [0.1, 0.15) is 5.82 Å². The Labute approximate surface area is 156 Å². The predicted molar refractivity (Wildman–Crippen MR) is 96.2 cm³/mol. The highest BCUT2D eigenvalue weighted by Crippen LogP contribution is 2.46. The molecule has 1 atom stereocenters. The molecular formula is C20H13F4NOS. The second-order valence-corrected chi connectivity index (χ2v) is 7.23. The van der Waals surface area contributed by atoms with Crippen molar-refractivity contribution >= 4 is 22.9 Å². The zero-order valence-electron chi connectivity index (χ0n) is 13.8. The van der Waals surface area contributed by atoms with Gasteiger partial charge in [-0.3, -0.25) is 4.79 Å². The van der Waals surface area contributed by atoms with Gasteiger partial charge in [-0.05, 0) is 35.4 Å². The lowest BCUT2D eigenvalue weighted by atomic mass is 9.88. The molecule has 7 heteroatoms. The predicted octanol–water partition coefficient (Wildman–Crippen LogP) is 6.05. The molecule has 0 saturated heterocycles. The molecule has 2 heterocycles. The molecule has 1 amide bonds. The van der Waals surface area contributed by atoms with Crippen LogP contribution in [0.3, 0.4) is 0 Å². The second-order valence-electron chi connectivity index (χ2n) is 6.32. The Kier molecular flexibility index (Phi) is 4.26. The fraction of sp³-hybridized carbons (Fsp3) is 0.150. The molecule has 1 aliphatic heterocycles. The minimum absolute atomic E-state index is 0.168. The van der Waals surface area contributed by atoms with Gasteiger partial charge >= 0.3 is 6.18 Å². The first kappa shape index (κ1) is 17.7. The molecule has 0 saturated carbocycles. The van der Waals surface area contributed by atoms with Crippen LogP contribution in [0, 0.1) is 5.82 Å². The van der Waals surface area contributed by atoms with Crippen molar-refractivity contribution in [2.45, 2.75) is 18.5 Å². The van der Waals surface area contributed by atoms with E-state index in [1.54, 1.807) is 12.1 Å². The van der Waals surface area contributed by atoms with Crippen molar-refractivity contribution < 1.29 is 22.4 Å². The average Bonchev–Trinajstić information content (AvgIpc) is 3.05. The number of amides is 1. The van der Waals surface area contributed by atoms with E-state index in [4.69, 9.17) is 0 Å². The number of thiophene rings is 1. The second kappa shape index (κ2) is 6.49. The summed E-state index contributed by atoms with van der Waals surface area (Å²) in [5, 5.41) is 4.73. The van der Waals surface area contributed by atoms with Crippen LogP contribution in [0.15, 0.2) is 53.9 Å². The molecule has 0 aliphatic carbocycles. The molecule has 0 unspecified atom stereocenters. The molecule has 138 valence electrons. The zero-order valence-corrected chi connectivity index (χ0v) is 14.6. The quantitative estimate of drug-likeness (QED) is 0.530. The fourth-order valence-corrected chi connectivity index (χ4v) is 4.40. The number of hydrogen-bond donors (Lipinski definition) is 1. The van der Waals surface area contributed by atoms with Gasteiger partial charge in [0, 0.05) is 28.2 Å². The summed E-state index contributed by atoms with van der Waals surface area (Å²) in [4.78, 5) is 13.1. The minimum atomic E-state index is -4.40. The maximum atomic E-state index is 13.2. The first-order valence-electron chi connectivity index (χ1n) is 8.17. The minimum Gasteiger partial charge on any atom is -0.325 e. The van der Waals surface area contributed by atoms with Gasteiger partial charge in [0.25, 0.3) is 0 Å². The molecule has 0 radical (unpaired) electrons. The lowest BCUT2D eigenvalue weighted by Gasteiger charge is -2.24. The topological polar surface area (TPSA) is 29.1 Å². The SMILES string of the molecule is O=C1C[C@@H](c2ccc(C(F)(F)F)cc2)c2scc(-c3ccc(F)cc3)c2N1. The van der Waals surface area contributed by atoms with E-state index < -0.39 is 11.7 Å². The van der Waals surface area contributed by atoms with Crippen LogP contribution in [0.25, 0.3) is 11.1 Å². The number of nitrogens with one attached hydrogen (secondary N) is 1. The lowest BCUT2D eigenvalue weighted by molar-refractivity contribution is -0.137. The summed E-state index contributed by atoms with van der Waals surface area (Å²) in [6.07, 6.45) is -4.23. The summed E-state index contributed by atoms with van der Waals surface area (Å²) in [7, 11) is 0. The molecule has 2 aromatic carbocycles. The third-order valence-corrected chi connectivity index (χ3v) is 5.68. The van der Waals surface area contributed by atoms with Crippen LogP contribution in [0.1, 0.15) is 28.3 Å². The van der Waals surface area contributed by atoms with Gasteiger partial charge in [-0.15, -0.1) is 11.3 Å². The summed E-state index contributed by atoms with van der Waals surface area (Å²) in [6, 6.07) is 10.9. The summed E-state index contributed by atoms with van der Waals surface area (Å²) in [5.74, 6) is -0.862. The lowest BCUT2D eigenvalue weighted by Crippen LogP contribution is -2.22. The molecule has 1 aromatic heterocycles. The van der Waals surface area contributed by atoms with Gasteiger partial charge in [-0.25, -0.2) is 4.39 Å². The van der Waals surface area contributed by atoms with E-state index in [0.717, 1.165) is 28.1 Å². The molecule has 1 aliphatic rings. The maximum Gasteiger partial charge on any atom is 0.416 e. The summed E-state index contributed by atoms with van der Waals surface area (Å²) in [6.45, 7) is 0. The van der Waals surface area contributed by atoms with Crippen molar-refractivity contribution in [3.63, 3.8) is 0 Å². The van der Waals surface area contributed by atoms with E-state index in [0.29, 0.717) is 11.3 Å². The van der Waals surface area contributed by atoms with Gasteiger partial charge < -0.3 is 5.32 Å². The third-order valence-electron chi connectivity index (χ3n) is 4.59. The van der Waals surface area contributed by atoms with E-state index in [-0.39, 0.29) is 24.1 Å². The maximum absolute atomic E-state index is 13.2. The number of carbonyl (C=O) groups excluding carboxylic acids is 1. The van der Waals surface area contributed by atoms with Gasteiger partial charge in [-0.1, -0.05) is 24.3 Å². The van der Waals surface area contributed by atoms with Gasteiger partial charge in [-0.2, -0.15) is 13.2 Å². The first-order valence-corrected chi connectivity index (χ1v) is 9.05. The van der Waals surface area contributed by atoms with E-state index in [2.05, 4.69) is 5.32 Å². The van der Waals surface area contributed by atoms with E-state index in [1.807, 2.05) is 5.38 Å². The monoisotopic (exact) mass is 391 g/mol. The standard InChI is InChI=1S/C20H13F4NOS/c21-14-7-3-12(4-8-14)16-10-27-19-15(9-17(26)25-18(16)19)11-1-5-13(6-2-11)20(22,23)24/h1-8,10,15H,9H2,(H,25,26)/t15-/m0/s1. The molecule has 4 rings (SSSR count). The molecule has 0 fully saturated rings. The summed E-state index contributed by atoms with van der Waals surface area (Å²) in [5.41, 5.74) is 2.13. The van der Waals surface area contributed by atoms with Crippen molar-refractivity contribution in [3.05, 3.63) is 75.7 Å². The van der Waals surface area contributed by atoms with Crippen molar-refractivity contribution in [2.24, 2.45) is 0 Å². The van der Waals surface area contributed by atoms with Crippen LogP contribution in [0.4, 0.5) is 23.2 Å². The Hall–Kier alpha value is -2.67. The number of rotatable bonds is 2. The molecule has 0 bridgehead atoms. The molecule has 0 spiro atoms. The molecule has 1 N–H and O–H groups in total. The smallest absolute Gasteiger partial charge is 0.325 e. The largest absolute Gasteiger partial charge is 0.416 e. The van der Waals surface area contributed by atoms with Gasteiger partial charge in [0.05, 0.1) is 11.3 Å². The molecule has 27 heavy (non-hydrogen) atoms. The number of alkyl halides is 3. The number of anilines is 1. The Bertz CT molecular complexity index is 990. The number of halogens is 4. The number of hydrogen-bond acceptors (Lipinski definition) is 2. The Balaban J connectivity index is 1.74. The van der Waals surface area contributed by atoms with E-state index >= 15 is 0 Å². The highest BCUT2D eigenvalue weighted by molar-refractivity contribution is 7.11. The Morgan fingerprint density at radius 1 is 1.00 bits per heavy atom. The average molecular weight is 391 g/mol. The van der Waals surface area contributed by atoms with Crippen molar-refractivity contribution in [1.82, 2.24) is 0 Å². The van der Waals surface area contributed by atoms with Crippen LogP contribution < -0.4 is 5.32 Å². The Morgan fingerprint density at radius 2 is 1.67 bits per heavy atom. The highest BCUT2D eigenvalue weighted by Gasteiger charge is 2.33.